The van der Waals surface area contributed by atoms with Gasteiger partial charge < -0.3 is 9.15 Å². The van der Waals surface area contributed by atoms with Gasteiger partial charge in [0.2, 0.25) is 0 Å². The molecule has 0 radical (unpaired) electrons. The van der Waals surface area contributed by atoms with Crippen molar-refractivity contribution in [1.29, 1.82) is 0 Å². The van der Waals surface area contributed by atoms with Crippen LogP contribution in [0.3, 0.4) is 0 Å². The molecular weight excluding hydrogens is 300 g/mol. The molecule has 1 aromatic rings. The van der Waals surface area contributed by atoms with Crippen molar-refractivity contribution in [2.75, 3.05) is 7.11 Å². The Balaban J connectivity index is 2.16. The van der Waals surface area contributed by atoms with Crippen molar-refractivity contribution >= 4 is 5.97 Å². The first-order valence-corrected chi connectivity index (χ1v) is 8.50. The summed E-state index contributed by atoms with van der Waals surface area (Å²) in [6.07, 6.45) is 22.2. The summed E-state index contributed by atoms with van der Waals surface area (Å²) in [7, 11) is 1.38. The maximum Gasteiger partial charge on any atom is 0.313 e. The molecule has 0 aromatic carbocycles. The third-order valence-corrected chi connectivity index (χ3v) is 3.30. The van der Waals surface area contributed by atoms with Gasteiger partial charge in [-0.25, -0.2) is 0 Å². The summed E-state index contributed by atoms with van der Waals surface area (Å²) < 4.78 is 10.2. The minimum Gasteiger partial charge on any atom is -0.469 e. The number of esters is 1. The largest absolute Gasteiger partial charge is 0.469 e. The first-order chi connectivity index (χ1) is 11.8. The normalized spacial score (nSPS) is 12.2. The van der Waals surface area contributed by atoms with Crippen LogP contribution in [0.25, 0.3) is 0 Å². The van der Waals surface area contributed by atoms with Crippen LogP contribution in [0.15, 0.2) is 65.2 Å². The summed E-state index contributed by atoms with van der Waals surface area (Å²) in [5, 5.41) is 0. The number of ether oxygens (including phenoxy) is 1. The second-order valence-electron chi connectivity index (χ2n) is 5.33. The molecular formula is C21H28O3. The van der Waals surface area contributed by atoms with Crippen LogP contribution in [0.5, 0.6) is 0 Å². The van der Waals surface area contributed by atoms with E-state index in [0.29, 0.717) is 5.76 Å². The Bertz CT molecular complexity index is 574. The van der Waals surface area contributed by atoms with Crippen LogP contribution in [0.2, 0.25) is 0 Å². The number of hydrogen-bond acceptors (Lipinski definition) is 3. The molecule has 0 aliphatic carbocycles. The molecule has 1 heterocycles. The highest BCUT2D eigenvalue weighted by Crippen LogP contribution is 2.10. The Hall–Kier alpha value is -2.29. The minimum absolute atomic E-state index is 0.185. The lowest BCUT2D eigenvalue weighted by Gasteiger charge is -1.95. The van der Waals surface area contributed by atoms with E-state index >= 15 is 0 Å². The van der Waals surface area contributed by atoms with E-state index in [-0.39, 0.29) is 12.4 Å². The van der Waals surface area contributed by atoms with Crippen LogP contribution < -0.4 is 0 Å². The van der Waals surface area contributed by atoms with Crippen molar-refractivity contribution in [3.63, 3.8) is 0 Å². The highest BCUT2D eigenvalue weighted by Gasteiger charge is 2.06. The van der Waals surface area contributed by atoms with Gasteiger partial charge in [0.15, 0.2) is 0 Å². The third-order valence-electron chi connectivity index (χ3n) is 3.30. The molecule has 24 heavy (non-hydrogen) atoms. The van der Waals surface area contributed by atoms with Crippen LogP contribution >= 0.6 is 0 Å². The predicted molar refractivity (Wildman–Crippen MR) is 98.8 cm³/mol. The maximum absolute atomic E-state index is 11.2. The average molecular weight is 328 g/mol. The van der Waals surface area contributed by atoms with Gasteiger partial charge in [0, 0.05) is 6.42 Å². The van der Waals surface area contributed by atoms with Crippen molar-refractivity contribution in [2.24, 2.45) is 0 Å². The van der Waals surface area contributed by atoms with Crippen molar-refractivity contribution < 1.29 is 13.9 Å². The molecule has 0 spiro atoms. The number of methoxy groups -OCH3 is 1. The molecule has 0 saturated heterocycles. The Labute approximate surface area is 145 Å². The Morgan fingerprint density at radius 2 is 1.46 bits per heavy atom. The van der Waals surface area contributed by atoms with Crippen molar-refractivity contribution in [3.05, 3.63) is 72.3 Å². The summed E-state index contributed by atoms with van der Waals surface area (Å²) in [6.45, 7) is 2.14. The highest BCUT2D eigenvalue weighted by molar-refractivity contribution is 5.71. The lowest BCUT2D eigenvalue weighted by Crippen LogP contribution is -2.03. The summed E-state index contributed by atoms with van der Waals surface area (Å²) in [6, 6.07) is 3.72. The monoisotopic (exact) mass is 328 g/mol. The van der Waals surface area contributed by atoms with E-state index in [1.54, 1.807) is 0 Å². The molecule has 0 aliphatic heterocycles. The van der Waals surface area contributed by atoms with Gasteiger partial charge in [-0.3, -0.25) is 4.79 Å². The Kier molecular flexibility index (Phi) is 10.8. The lowest BCUT2D eigenvalue weighted by molar-refractivity contribution is -0.140. The molecule has 3 heteroatoms. The zero-order valence-corrected chi connectivity index (χ0v) is 14.7. The third kappa shape index (κ3) is 9.67. The van der Waals surface area contributed by atoms with Crippen molar-refractivity contribution in [1.82, 2.24) is 0 Å². The molecule has 0 saturated carbocycles. The van der Waals surface area contributed by atoms with E-state index in [9.17, 15) is 4.79 Å². The molecule has 130 valence electrons. The maximum atomic E-state index is 11.2. The average Bonchev–Trinajstić information content (AvgIpc) is 3.03. The number of carbonyl (C=O) groups is 1. The summed E-state index contributed by atoms with van der Waals surface area (Å²) >= 11 is 0. The van der Waals surface area contributed by atoms with Crippen LogP contribution in [0.1, 0.15) is 44.1 Å². The topological polar surface area (TPSA) is 39.4 Å². The van der Waals surface area contributed by atoms with Gasteiger partial charge >= 0.3 is 5.97 Å². The summed E-state index contributed by atoms with van der Waals surface area (Å²) in [4.78, 5) is 11.2. The number of carbonyl (C=O) groups excluding carboxylic acids is 1. The van der Waals surface area contributed by atoms with Crippen LogP contribution in [0, 0.1) is 0 Å². The van der Waals surface area contributed by atoms with Crippen LogP contribution in [-0.2, 0) is 22.4 Å². The molecule has 0 amide bonds. The van der Waals surface area contributed by atoms with E-state index in [2.05, 4.69) is 60.3 Å². The fourth-order valence-electron chi connectivity index (χ4n) is 2.02. The van der Waals surface area contributed by atoms with Gasteiger partial charge in [-0.05, 0) is 37.8 Å². The SMILES string of the molecule is CC/C=C/C/C=C\C/C=C\C/C=C\Cc1ccc(CC(=O)OC)o1. The van der Waals surface area contributed by atoms with Crippen LogP contribution in [0.4, 0.5) is 0 Å². The second kappa shape index (κ2) is 13.2. The van der Waals surface area contributed by atoms with E-state index in [1.165, 1.54) is 7.11 Å². The molecule has 1 aromatic heterocycles. The van der Waals surface area contributed by atoms with Gasteiger partial charge in [-0.15, -0.1) is 0 Å². The summed E-state index contributed by atoms with van der Waals surface area (Å²) in [5.41, 5.74) is 0. The van der Waals surface area contributed by atoms with Gasteiger partial charge in [-0.1, -0.05) is 55.5 Å². The number of hydrogen-bond donors (Lipinski definition) is 0. The fourth-order valence-corrected chi connectivity index (χ4v) is 2.02. The zero-order chi connectivity index (χ0) is 17.5. The summed E-state index contributed by atoms with van der Waals surface area (Å²) in [5.74, 6) is 1.22. The first kappa shape index (κ1) is 19.8. The van der Waals surface area contributed by atoms with Gasteiger partial charge in [-0.2, -0.15) is 0 Å². The second-order valence-corrected chi connectivity index (χ2v) is 5.33. The first-order valence-electron chi connectivity index (χ1n) is 8.50. The van der Waals surface area contributed by atoms with Gasteiger partial charge in [0.05, 0.1) is 7.11 Å². The Morgan fingerprint density at radius 1 is 0.917 bits per heavy atom. The Morgan fingerprint density at radius 3 is 2.04 bits per heavy atom. The van der Waals surface area contributed by atoms with E-state index in [4.69, 9.17) is 4.42 Å². The van der Waals surface area contributed by atoms with E-state index < -0.39 is 0 Å². The highest BCUT2D eigenvalue weighted by atomic mass is 16.5. The van der Waals surface area contributed by atoms with E-state index in [0.717, 1.165) is 37.9 Å². The minimum atomic E-state index is -0.285. The lowest BCUT2D eigenvalue weighted by atomic mass is 10.2. The number of furan rings is 1. The van der Waals surface area contributed by atoms with E-state index in [1.807, 2.05) is 12.1 Å². The van der Waals surface area contributed by atoms with Crippen LogP contribution in [-0.4, -0.2) is 13.1 Å². The number of rotatable bonds is 11. The molecule has 3 nitrogen and oxygen atoms in total. The molecule has 0 aliphatic rings. The molecule has 1 rings (SSSR count). The molecule has 0 bridgehead atoms. The fraction of sp³-hybridized carbons (Fsp3) is 0.381. The van der Waals surface area contributed by atoms with Gasteiger partial charge in [0.1, 0.15) is 17.9 Å². The molecule has 0 N–H and O–H groups in total. The zero-order valence-electron chi connectivity index (χ0n) is 14.7. The van der Waals surface area contributed by atoms with Gasteiger partial charge in [0.25, 0.3) is 0 Å². The molecule has 0 fully saturated rings. The smallest absolute Gasteiger partial charge is 0.313 e. The predicted octanol–water partition coefficient (Wildman–Crippen LogP) is 5.34. The molecule has 0 atom stereocenters. The molecule has 0 unspecified atom stereocenters. The number of allylic oxidation sites excluding steroid dienone is 8. The van der Waals surface area contributed by atoms with Crippen molar-refractivity contribution in [3.8, 4) is 0 Å². The van der Waals surface area contributed by atoms with Crippen molar-refractivity contribution in [2.45, 2.75) is 45.4 Å². The quantitative estimate of drug-likeness (QED) is 0.406. The standard InChI is InChI=1S/C21H28O3/c1-3-4-5-6-7-8-9-10-11-12-13-14-15-19-16-17-20(24-19)18-21(22)23-2/h4-5,7-8,10-11,13-14,16-17H,3,6,9,12,15,18H2,1-2H3/b5-4+,8-7-,11-10-,14-13-.